The molecular weight excluding hydrogens is 320 g/mol. The van der Waals surface area contributed by atoms with Crippen molar-refractivity contribution in [3.8, 4) is 0 Å². The molecule has 2 saturated heterocycles. The Morgan fingerprint density at radius 3 is 3.00 bits per heavy atom. The molecule has 4 rings (SSSR count). The Bertz CT molecular complexity index is 706. The zero-order valence-corrected chi connectivity index (χ0v) is 14.1. The summed E-state index contributed by atoms with van der Waals surface area (Å²) in [5.41, 5.74) is 0.531. The molecule has 2 aliphatic rings. The van der Waals surface area contributed by atoms with Gasteiger partial charge < -0.3 is 19.0 Å². The monoisotopic (exact) mass is 342 g/mol. The van der Waals surface area contributed by atoms with Crippen LogP contribution in [0.1, 0.15) is 23.2 Å². The highest BCUT2D eigenvalue weighted by molar-refractivity contribution is 5.93. The molecule has 2 fully saturated rings. The van der Waals surface area contributed by atoms with Gasteiger partial charge in [-0.1, -0.05) is 0 Å². The second-order valence-corrected chi connectivity index (χ2v) is 6.88. The van der Waals surface area contributed by atoms with Crippen LogP contribution in [0.25, 0.3) is 0 Å². The summed E-state index contributed by atoms with van der Waals surface area (Å²) in [5, 5.41) is 0. The van der Waals surface area contributed by atoms with E-state index in [1.54, 1.807) is 24.7 Å². The molecule has 1 amide bonds. The van der Waals surface area contributed by atoms with Gasteiger partial charge in [0.2, 0.25) is 0 Å². The van der Waals surface area contributed by atoms with Crippen molar-refractivity contribution < 1.29 is 13.9 Å². The number of carbonyl (C=O) groups excluding carboxylic acids is 1. The van der Waals surface area contributed by atoms with E-state index in [1.807, 2.05) is 4.90 Å². The van der Waals surface area contributed by atoms with E-state index in [2.05, 4.69) is 14.9 Å². The van der Waals surface area contributed by atoms with Crippen LogP contribution in [0.15, 0.2) is 41.6 Å². The van der Waals surface area contributed by atoms with Crippen LogP contribution in [0, 0.1) is 5.41 Å². The number of likely N-dealkylation sites (tertiary alicyclic amines) is 1. The molecule has 0 unspecified atom stereocenters. The number of hydrogen-bond acceptors (Lipinski definition) is 6. The number of hydrogen-bond donors (Lipinski definition) is 0. The standard InChI is InChI=1S/C18H22N4O3/c23-17(15-2-8-24-11-15)22-6-1-3-18(13-22)12-21(7-9-25-14-18)16-10-19-4-5-20-16/h2,4-5,8,10-11H,1,3,6-7,9,12-14H2/t18-/m0/s1. The number of nitrogens with zero attached hydrogens (tertiary/aromatic N) is 4. The van der Waals surface area contributed by atoms with Gasteiger partial charge in [0.25, 0.3) is 5.91 Å². The van der Waals surface area contributed by atoms with Crippen molar-refractivity contribution in [1.82, 2.24) is 14.9 Å². The fourth-order valence-electron chi connectivity index (χ4n) is 3.84. The van der Waals surface area contributed by atoms with E-state index < -0.39 is 0 Å². The Kier molecular flexibility index (Phi) is 4.40. The molecule has 2 aromatic heterocycles. The van der Waals surface area contributed by atoms with Crippen LogP contribution in [0.4, 0.5) is 5.82 Å². The minimum atomic E-state index is -0.0777. The highest BCUT2D eigenvalue weighted by atomic mass is 16.5. The molecule has 0 aromatic carbocycles. The molecule has 4 heterocycles. The number of carbonyl (C=O) groups is 1. The van der Waals surface area contributed by atoms with E-state index >= 15 is 0 Å². The molecule has 0 aliphatic carbocycles. The summed E-state index contributed by atoms with van der Waals surface area (Å²) in [6.45, 7) is 4.40. The Labute approximate surface area is 146 Å². The van der Waals surface area contributed by atoms with Gasteiger partial charge in [-0.15, -0.1) is 0 Å². The third-order valence-corrected chi connectivity index (χ3v) is 5.03. The highest BCUT2D eigenvalue weighted by Crippen LogP contribution is 2.34. The van der Waals surface area contributed by atoms with E-state index in [1.165, 1.54) is 12.5 Å². The smallest absolute Gasteiger partial charge is 0.257 e. The first-order chi connectivity index (χ1) is 12.3. The SMILES string of the molecule is O=C(c1ccoc1)N1CCC[C@@]2(COCCN(c3cnccn3)C2)C1. The average Bonchev–Trinajstić information content (AvgIpc) is 3.12. The van der Waals surface area contributed by atoms with E-state index in [9.17, 15) is 4.79 Å². The molecule has 0 bridgehead atoms. The number of piperidine rings is 1. The lowest BCUT2D eigenvalue weighted by Gasteiger charge is -2.43. The summed E-state index contributed by atoms with van der Waals surface area (Å²) >= 11 is 0. The van der Waals surface area contributed by atoms with E-state index in [0.29, 0.717) is 25.3 Å². The largest absolute Gasteiger partial charge is 0.472 e. The van der Waals surface area contributed by atoms with Gasteiger partial charge in [0.15, 0.2) is 0 Å². The second-order valence-electron chi connectivity index (χ2n) is 6.88. The summed E-state index contributed by atoms with van der Waals surface area (Å²) in [6, 6.07) is 1.72. The zero-order valence-electron chi connectivity index (χ0n) is 14.1. The summed E-state index contributed by atoms with van der Waals surface area (Å²) in [6.07, 6.45) is 10.2. The van der Waals surface area contributed by atoms with E-state index in [4.69, 9.17) is 9.15 Å². The van der Waals surface area contributed by atoms with Crippen molar-refractivity contribution >= 4 is 11.7 Å². The maximum Gasteiger partial charge on any atom is 0.257 e. The maximum absolute atomic E-state index is 12.7. The number of rotatable bonds is 2. The molecule has 7 heteroatoms. The number of anilines is 1. The first kappa shape index (κ1) is 16.1. The molecule has 25 heavy (non-hydrogen) atoms. The van der Waals surface area contributed by atoms with Crippen molar-refractivity contribution in [2.45, 2.75) is 12.8 Å². The summed E-state index contributed by atoms with van der Waals surface area (Å²) < 4.78 is 11.0. The van der Waals surface area contributed by atoms with Crippen LogP contribution in [0.5, 0.6) is 0 Å². The van der Waals surface area contributed by atoms with Crippen LogP contribution in [-0.4, -0.2) is 60.2 Å². The van der Waals surface area contributed by atoms with Gasteiger partial charge in [0.1, 0.15) is 12.1 Å². The molecule has 0 saturated carbocycles. The number of aromatic nitrogens is 2. The molecule has 2 aliphatic heterocycles. The highest BCUT2D eigenvalue weighted by Gasteiger charge is 2.40. The third-order valence-electron chi connectivity index (χ3n) is 5.03. The van der Waals surface area contributed by atoms with Crippen molar-refractivity contribution in [3.05, 3.63) is 42.7 Å². The van der Waals surface area contributed by atoms with Gasteiger partial charge in [0.05, 0.1) is 31.2 Å². The second kappa shape index (κ2) is 6.84. The summed E-state index contributed by atoms with van der Waals surface area (Å²) in [5.74, 6) is 0.897. The van der Waals surface area contributed by atoms with Crippen molar-refractivity contribution in [2.24, 2.45) is 5.41 Å². The molecular formula is C18H22N4O3. The zero-order chi connectivity index (χ0) is 17.1. The van der Waals surface area contributed by atoms with E-state index in [0.717, 1.165) is 38.3 Å². The quantitative estimate of drug-likeness (QED) is 0.829. The Hall–Kier alpha value is -2.41. The molecule has 0 radical (unpaired) electrons. The predicted octanol–water partition coefficient (Wildman–Crippen LogP) is 1.83. The molecule has 0 N–H and O–H groups in total. The average molecular weight is 342 g/mol. The third kappa shape index (κ3) is 3.37. The first-order valence-electron chi connectivity index (χ1n) is 8.66. The molecule has 1 atom stereocenters. The molecule has 7 nitrogen and oxygen atoms in total. The fourth-order valence-corrected chi connectivity index (χ4v) is 3.84. The number of amides is 1. The van der Waals surface area contributed by atoms with Gasteiger partial charge in [0, 0.05) is 44.0 Å². The molecule has 2 aromatic rings. The van der Waals surface area contributed by atoms with Gasteiger partial charge in [-0.25, -0.2) is 4.98 Å². The predicted molar refractivity (Wildman–Crippen MR) is 91.3 cm³/mol. The van der Waals surface area contributed by atoms with Crippen LogP contribution in [0.2, 0.25) is 0 Å². The minimum absolute atomic E-state index is 0.0307. The maximum atomic E-state index is 12.7. The van der Waals surface area contributed by atoms with Crippen molar-refractivity contribution in [2.75, 3.05) is 44.3 Å². The lowest BCUT2D eigenvalue weighted by atomic mass is 9.80. The summed E-state index contributed by atoms with van der Waals surface area (Å²) in [7, 11) is 0. The topological polar surface area (TPSA) is 71.7 Å². The van der Waals surface area contributed by atoms with Crippen LogP contribution >= 0.6 is 0 Å². The Morgan fingerprint density at radius 1 is 1.24 bits per heavy atom. The lowest BCUT2D eigenvalue weighted by Crippen LogP contribution is -2.52. The van der Waals surface area contributed by atoms with Crippen LogP contribution < -0.4 is 4.90 Å². The van der Waals surface area contributed by atoms with Crippen molar-refractivity contribution in [1.29, 1.82) is 0 Å². The van der Waals surface area contributed by atoms with Crippen LogP contribution in [-0.2, 0) is 4.74 Å². The number of furan rings is 1. The Balaban J connectivity index is 1.53. The Morgan fingerprint density at radius 2 is 2.20 bits per heavy atom. The normalized spacial score (nSPS) is 24.3. The first-order valence-corrected chi connectivity index (χ1v) is 8.66. The molecule has 1 spiro atoms. The van der Waals surface area contributed by atoms with Gasteiger partial charge >= 0.3 is 0 Å². The summed E-state index contributed by atoms with van der Waals surface area (Å²) in [4.78, 5) is 25.5. The van der Waals surface area contributed by atoms with Crippen molar-refractivity contribution in [3.63, 3.8) is 0 Å². The van der Waals surface area contributed by atoms with Gasteiger partial charge in [-0.05, 0) is 18.9 Å². The lowest BCUT2D eigenvalue weighted by molar-refractivity contribution is 0.0135. The molecule has 132 valence electrons. The van der Waals surface area contributed by atoms with E-state index in [-0.39, 0.29) is 11.3 Å². The fraction of sp³-hybridized carbons (Fsp3) is 0.500. The minimum Gasteiger partial charge on any atom is -0.472 e. The van der Waals surface area contributed by atoms with Gasteiger partial charge in [-0.3, -0.25) is 9.78 Å². The van der Waals surface area contributed by atoms with Gasteiger partial charge in [-0.2, -0.15) is 0 Å². The van der Waals surface area contributed by atoms with Crippen LogP contribution in [0.3, 0.4) is 0 Å². The number of ether oxygens (including phenoxy) is 1.